The molecule has 1 rings (SSSR count). The zero-order chi connectivity index (χ0) is 11.3. The van der Waals surface area contributed by atoms with Gasteiger partial charge in [0.2, 0.25) is 0 Å². The summed E-state index contributed by atoms with van der Waals surface area (Å²) in [6.07, 6.45) is 5.48. The molecule has 0 spiro atoms. The minimum atomic E-state index is -1.18. The Labute approximate surface area is 89.6 Å². The first kappa shape index (κ1) is 11.7. The number of rotatable bonds is 4. The molecule has 1 aromatic carbocycles. The Hall–Kier alpha value is -1.41. The van der Waals surface area contributed by atoms with E-state index in [2.05, 4.69) is 6.58 Å². The van der Waals surface area contributed by atoms with Gasteiger partial charge in [-0.15, -0.1) is 0 Å². The molecule has 0 fully saturated rings. The van der Waals surface area contributed by atoms with Gasteiger partial charge in [0.1, 0.15) is 5.82 Å². The van der Waals surface area contributed by atoms with Crippen LogP contribution in [0.25, 0.3) is 0 Å². The zero-order valence-electron chi connectivity index (χ0n) is 8.78. The maximum absolute atomic E-state index is 13.4. The van der Waals surface area contributed by atoms with Gasteiger partial charge in [0.05, 0.1) is 5.60 Å². The molecule has 0 aromatic heterocycles. The summed E-state index contributed by atoms with van der Waals surface area (Å²) in [5.41, 5.74) is -0.857. The fraction of sp³-hybridized carbons (Fsp3) is 0.231. The number of allylic oxidation sites excluding steroid dienone is 2. The number of hydrogen-bond donors (Lipinski definition) is 1. The Morgan fingerprint density at radius 3 is 2.73 bits per heavy atom. The van der Waals surface area contributed by atoms with E-state index in [1.54, 1.807) is 43.4 Å². The smallest absolute Gasteiger partial charge is 0.129 e. The Morgan fingerprint density at radius 2 is 2.13 bits per heavy atom. The average Bonchev–Trinajstić information content (AvgIpc) is 2.18. The number of halogens is 1. The largest absolute Gasteiger partial charge is 0.385 e. The van der Waals surface area contributed by atoms with Crippen molar-refractivity contribution in [2.45, 2.75) is 18.9 Å². The van der Waals surface area contributed by atoms with Crippen LogP contribution in [-0.4, -0.2) is 5.11 Å². The molecule has 1 aromatic rings. The molecule has 0 aliphatic rings. The maximum atomic E-state index is 13.4. The summed E-state index contributed by atoms with van der Waals surface area (Å²) in [5, 5.41) is 10.1. The first-order valence-electron chi connectivity index (χ1n) is 4.83. The molecule has 80 valence electrons. The first-order valence-corrected chi connectivity index (χ1v) is 4.83. The van der Waals surface area contributed by atoms with E-state index in [-0.39, 0.29) is 5.82 Å². The fourth-order valence-corrected chi connectivity index (χ4v) is 1.40. The highest BCUT2D eigenvalue weighted by atomic mass is 19.1. The molecule has 1 N–H and O–H groups in total. The predicted octanol–water partition coefficient (Wildman–Crippen LogP) is 3.17. The lowest BCUT2D eigenvalue weighted by Gasteiger charge is -2.22. The van der Waals surface area contributed by atoms with E-state index in [4.69, 9.17) is 0 Å². The Morgan fingerprint density at radius 1 is 1.47 bits per heavy atom. The molecular formula is C13H15FO. The normalized spacial score (nSPS) is 15.1. The summed E-state index contributed by atoms with van der Waals surface area (Å²) >= 11 is 0. The third kappa shape index (κ3) is 3.03. The zero-order valence-corrected chi connectivity index (χ0v) is 8.78. The van der Waals surface area contributed by atoms with Gasteiger partial charge in [0.15, 0.2) is 0 Å². The van der Waals surface area contributed by atoms with Crippen molar-refractivity contribution >= 4 is 0 Å². The van der Waals surface area contributed by atoms with E-state index in [0.29, 0.717) is 12.0 Å². The quantitative estimate of drug-likeness (QED) is 0.750. The van der Waals surface area contributed by atoms with E-state index >= 15 is 0 Å². The monoisotopic (exact) mass is 206 g/mol. The van der Waals surface area contributed by atoms with Crippen molar-refractivity contribution in [3.63, 3.8) is 0 Å². The lowest BCUT2D eigenvalue weighted by atomic mass is 9.92. The van der Waals surface area contributed by atoms with Crippen molar-refractivity contribution in [3.05, 3.63) is 60.5 Å². The molecule has 0 heterocycles. The van der Waals surface area contributed by atoms with E-state index in [1.165, 1.54) is 6.07 Å². The van der Waals surface area contributed by atoms with Crippen LogP contribution in [-0.2, 0) is 5.60 Å². The van der Waals surface area contributed by atoms with Gasteiger partial charge in [0, 0.05) is 5.56 Å². The van der Waals surface area contributed by atoms with E-state index in [0.717, 1.165) is 0 Å². The van der Waals surface area contributed by atoms with Gasteiger partial charge in [-0.05, 0) is 19.4 Å². The van der Waals surface area contributed by atoms with Crippen molar-refractivity contribution in [2.24, 2.45) is 0 Å². The van der Waals surface area contributed by atoms with Crippen LogP contribution in [0.15, 0.2) is 49.1 Å². The van der Waals surface area contributed by atoms with Crippen molar-refractivity contribution in [3.8, 4) is 0 Å². The summed E-state index contributed by atoms with van der Waals surface area (Å²) in [4.78, 5) is 0. The second-order valence-corrected chi connectivity index (χ2v) is 3.62. The van der Waals surface area contributed by atoms with Gasteiger partial charge >= 0.3 is 0 Å². The van der Waals surface area contributed by atoms with Crippen molar-refractivity contribution in [2.75, 3.05) is 0 Å². The number of hydrogen-bond acceptors (Lipinski definition) is 1. The lowest BCUT2D eigenvalue weighted by Crippen LogP contribution is -2.21. The van der Waals surface area contributed by atoms with Crippen molar-refractivity contribution in [1.29, 1.82) is 0 Å². The topological polar surface area (TPSA) is 20.2 Å². The summed E-state index contributed by atoms with van der Waals surface area (Å²) in [7, 11) is 0. The van der Waals surface area contributed by atoms with Gasteiger partial charge in [-0.3, -0.25) is 0 Å². The highest BCUT2D eigenvalue weighted by Crippen LogP contribution is 2.26. The molecule has 0 unspecified atom stereocenters. The Balaban J connectivity index is 2.90. The molecular weight excluding hydrogens is 191 g/mol. The standard InChI is InChI=1S/C13H15FO/c1-3-4-7-10-13(2,15)11-8-5-6-9-12(11)14/h3-9,15H,1,10H2,2H3/b7-4+/t13-/m1/s1. The second kappa shape index (κ2) is 4.89. The average molecular weight is 206 g/mol. The summed E-state index contributed by atoms with van der Waals surface area (Å²) in [6, 6.07) is 6.26. The molecule has 1 nitrogen and oxygen atoms in total. The highest BCUT2D eigenvalue weighted by Gasteiger charge is 2.24. The van der Waals surface area contributed by atoms with Crippen LogP contribution in [0.4, 0.5) is 4.39 Å². The summed E-state index contributed by atoms with van der Waals surface area (Å²) < 4.78 is 13.4. The van der Waals surface area contributed by atoms with Crippen LogP contribution in [0, 0.1) is 5.82 Å². The fourth-order valence-electron chi connectivity index (χ4n) is 1.40. The van der Waals surface area contributed by atoms with E-state index < -0.39 is 5.60 Å². The van der Waals surface area contributed by atoms with Crippen LogP contribution in [0.2, 0.25) is 0 Å². The molecule has 0 saturated carbocycles. The third-order valence-electron chi connectivity index (χ3n) is 2.24. The SMILES string of the molecule is C=C/C=C/C[C@@](C)(O)c1ccccc1F. The molecule has 2 heteroatoms. The van der Waals surface area contributed by atoms with Crippen LogP contribution in [0.1, 0.15) is 18.9 Å². The molecule has 0 amide bonds. The van der Waals surface area contributed by atoms with Crippen molar-refractivity contribution in [1.82, 2.24) is 0 Å². The van der Waals surface area contributed by atoms with Crippen LogP contribution in [0.5, 0.6) is 0 Å². The molecule has 0 aliphatic heterocycles. The van der Waals surface area contributed by atoms with Crippen LogP contribution >= 0.6 is 0 Å². The minimum absolute atomic E-state index is 0.318. The number of benzene rings is 1. The lowest BCUT2D eigenvalue weighted by molar-refractivity contribution is 0.0567. The van der Waals surface area contributed by atoms with E-state index in [1.807, 2.05) is 0 Å². The van der Waals surface area contributed by atoms with E-state index in [9.17, 15) is 9.50 Å². The molecule has 0 bridgehead atoms. The molecule has 0 aliphatic carbocycles. The van der Waals surface area contributed by atoms with Gasteiger partial charge in [0.25, 0.3) is 0 Å². The molecule has 1 atom stereocenters. The van der Waals surface area contributed by atoms with Crippen LogP contribution in [0.3, 0.4) is 0 Å². The molecule has 15 heavy (non-hydrogen) atoms. The summed E-state index contributed by atoms with van der Waals surface area (Å²) in [5.74, 6) is -0.380. The Kier molecular flexibility index (Phi) is 3.81. The maximum Gasteiger partial charge on any atom is 0.129 e. The highest BCUT2D eigenvalue weighted by molar-refractivity contribution is 5.24. The first-order chi connectivity index (χ1) is 7.08. The molecule has 0 radical (unpaired) electrons. The predicted molar refractivity (Wildman–Crippen MR) is 59.9 cm³/mol. The van der Waals surface area contributed by atoms with Crippen molar-refractivity contribution < 1.29 is 9.50 Å². The van der Waals surface area contributed by atoms with Gasteiger partial charge in [-0.2, -0.15) is 0 Å². The third-order valence-corrected chi connectivity index (χ3v) is 2.24. The second-order valence-electron chi connectivity index (χ2n) is 3.62. The minimum Gasteiger partial charge on any atom is -0.385 e. The summed E-state index contributed by atoms with van der Waals surface area (Å²) in [6.45, 7) is 5.12. The van der Waals surface area contributed by atoms with Gasteiger partial charge < -0.3 is 5.11 Å². The Bertz CT molecular complexity index is 367. The molecule has 0 saturated heterocycles. The number of aliphatic hydroxyl groups is 1. The van der Waals surface area contributed by atoms with Gasteiger partial charge in [-0.1, -0.05) is 43.0 Å². The van der Waals surface area contributed by atoms with Crippen LogP contribution < -0.4 is 0 Å². The van der Waals surface area contributed by atoms with Gasteiger partial charge in [-0.25, -0.2) is 4.39 Å².